The maximum atomic E-state index is 10.2. The van der Waals surface area contributed by atoms with Crippen molar-refractivity contribution in [2.24, 2.45) is 0 Å². The maximum absolute atomic E-state index is 10.2. The van der Waals surface area contributed by atoms with E-state index >= 15 is 0 Å². The third kappa shape index (κ3) is 2.81. The summed E-state index contributed by atoms with van der Waals surface area (Å²) >= 11 is 6.00. The minimum Gasteiger partial charge on any atom is -0.494 e. The summed E-state index contributed by atoms with van der Waals surface area (Å²) in [7, 11) is 0. The molecule has 1 unspecified atom stereocenters. The molecule has 94 valence electrons. The van der Waals surface area contributed by atoms with Crippen molar-refractivity contribution in [1.82, 2.24) is 4.98 Å². The Labute approximate surface area is 111 Å². The Morgan fingerprint density at radius 2 is 2.00 bits per heavy atom. The van der Waals surface area contributed by atoms with Gasteiger partial charge >= 0.3 is 0 Å². The van der Waals surface area contributed by atoms with Crippen LogP contribution < -0.4 is 4.74 Å². The van der Waals surface area contributed by atoms with E-state index in [2.05, 4.69) is 4.98 Å². The van der Waals surface area contributed by atoms with E-state index in [9.17, 15) is 5.11 Å². The number of aliphatic hydroxyl groups is 1. The summed E-state index contributed by atoms with van der Waals surface area (Å²) in [6, 6.07) is 9.02. The van der Waals surface area contributed by atoms with Crippen molar-refractivity contribution >= 4 is 11.6 Å². The fourth-order valence-electron chi connectivity index (χ4n) is 1.70. The Bertz CT molecular complexity index is 513. The molecule has 0 aliphatic heterocycles. The zero-order valence-corrected chi connectivity index (χ0v) is 10.8. The van der Waals surface area contributed by atoms with E-state index in [1.54, 1.807) is 12.3 Å². The molecule has 2 aromatic rings. The van der Waals surface area contributed by atoms with Gasteiger partial charge in [-0.3, -0.25) is 4.98 Å². The summed E-state index contributed by atoms with van der Waals surface area (Å²) in [5, 5.41) is 10.7. The second-order valence-corrected chi connectivity index (χ2v) is 4.21. The van der Waals surface area contributed by atoms with Crippen LogP contribution in [0.15, 0.2) is 42.7 Å². The van der Waals surface area contributed by atoms with E-state index in [1.807, 2.05) is 31.2 Å². The number of pyridine rings is 1. The van der Waals surface area contributed by atoms with Crippen molar-refractivity contribution in [1.29, 1.82) is 0 Å². The lowest BCUT2D eigenvalue weighted by Gasteiger charge is -2.13. The van der Waals surface area contributed by atoms with Gasteiger partial charge in [0.05, 0.1) is 11.6 Å². The third-order valence-corrected chi connectivity index (χ3v) is 2.92. The fourth-order valence-corrected chi connectivity index (χ4v) is 1.92. The van der Waals surface area contributed by atoms with Crippen molar-refractivity contribution in [2.45, 2.75) is 13.0 Å². The van der Waals surface area contributed by atoms with E-state index in [-0.39, 0.29) is 0 Å². The van der Waals surface area contributed by atoms with Crippen LogP contribution in [0.3, 0.4) is 0 Å². The standard InChI is InChI=1S/C14H14ClNO2/c1-2-18-11-5-3-10(4-6-11)14(17)12-7-8-16-9-13(12)15/h3-9,14,17H,2H2,1H3. The fraction of sp³-hybridized carbons (Fsp3) is 0.214. The Balaban J connectivity index is 2.23. The first-order valence-electron chi connectivity index (χ1n) is 5.72. The van der Waals surface area contributed by atoms with Gasteiger partial charge in [-0.1, -0.05) is 23.7 Å². The minimum absolute atomic E-state index is 0.457. The Morgan fingerprint density at radius 1 is 1.28 bits per heavy atom. The molecule has 2 rings (SSSR count). The number of halogens is 1. The number of rotatable bonds is 4. The molecular formula is C14H14ClNO2. The Kier molecular flexibility index (Phi) is 4.18. The molecule has 0 aliphatic rings. The average molecular weight is 264 g/mol. The first-order valence-corrected chi connectivity index (χ1v) is 6.10. The monoisotopic (exact) mass is 263 g/mol. The summed E-state index contributed by atoms with van der Waals surface area (Å²) in [5.41, 5.74) is 1.42. The first kappa shape index (κ1) is 12.9. The van der Waals surface area contributed by atoms with Gasteiger partial charge in [0.25, 0.3) is 0 Å². The molecule has 4 heteroatoms. The molecule has 0 saturated heterocycles. The Hall–Kier alpha value is -1.58. The number of hydrogen-bond donors (Lipinski definition) is 1. The molecule has 18 heavy (non-hydrogen) atoms. The molecule has 1 aromatic carbocycles. The minimum atomic E-state index is -0.754. The maximum Gasteiger partial charge on any atom is 0.119 e. The van der Waals surface area contributed by atoms with E-state index in [0.717, 1.165) is 11.3 Å². The van der Waals surface area contributed by atoms with Crippen LogP contribution in [-0.4, -0.2) is 16.7 Å². The lowest BCUT2D eigenvalue weighted by Crippen LogP contribution is -2.01. The zero-order chi connectivity index (χ0) is 13.0. The van der Waals surface area contributed by atoms with Gasteiger partial charge in [0.15, 0.2) is 0 Å². The number of benzene rings is 1. The molecule has 0 saturated carbocycles. The van der Waals surface area contributed by atoms with Crippen molar-refractivity contribution in [3.8, 4) is 5.75 Å². The van der Waals surface area contributed by atoms with Gasteiger partial charge in [-0.15, -0.1) is 0 Å². The summed E-state index contributed by atoms with van der Waals surface area (Å²) in [5.74, 6) is 0.786. The van der Waals surface area contributed by atoms with Gasteiger partial charge in [0.2, 0.25) is 0 Å². The number of aliphatic hydroxyl groups excluding tert-OH is 1. The number of hydrogen-bond acceptors (Lipinski definition) is 3. The largest absolute Gasteiger partial charge is 0.494 e. The molecule has 0 fully saturated rings. The molecule has 1 heterocycles. The topological polar surface area (TPSA) is 42.4 Å². The SMILES string of the molecule is CCOc1ccc(C(O)c2ccncc2Cl)cc1. The lowest BCUT2D eigenvalue weighted by atomic mass is 10.0. The second-order valence-electron chi connectivity index (χ2n) is 3.80. The predicted molar refractivity (Wildman–Crippen MR) is 70.9 cm³/mol. The van der Waals surface area contributed by atoms with Gasteiger partial charge in [0.1, 0.15) is 11.9 Å². The molecule has 0 amide bonds. The number of aromatic nitrogens is 1. The van der Waals surface area contributed by atoms with Gasteiger partial charge in [0, 0.05) is 18.0 Å². The number of nitrogens with zero attached hydrogens (tertiary/aromatic N) is 1. The van der Waals surface area contributed by atoms with Crippen LogP contribution in [-0.2, 0) is 0 Å². The molecule has 0 bridgehead atoms. The molecule has 1 atom stereocenters. The molecule has 0 aliphatic carbocycles. The smallest absolute Gasteiger partial charge is 0.119 e. The van der Waals surface area contributed by atoms with Crippen LogP contribution in [0.1, 0.15) is 24.2 Å². The summed E-state index contributed by atoms with van der Waals surface area (Å²) in [6.07, 6.45) is 2.38. The molecule has 3 nitrogen and oxygen atoms in total. The highest BCUT2D eigenvalue weighted by atomic mass is 35.5. The van der Waals surface area contributed by atoms with Crippen LogP contribution in [0.5, 0.6) is 5.75 Å². The van der Waals surface area contributed by atoms with Crippen LogP contribution >= 0.6 is 11.6 Å². The van der Waals surface area contributed by atoms with Crippen molar-refractivity contribution in [2.75, 3.05) is 6.61 Å². The first-order chi connectivity index (χ1) is 8.72. The van der Waals surface area contributed by atoms with E-state index in [0.29, 0.717) is 17.2 Å². The average Bonchev–Trinajstić information content (AvgIpc) is 2.40. The van der Waals surface area contributed by atoms with Crippen LogP contribution in [0.2, 0.25) is 5.02 Å². The third-order valence-electron chi connectivity index (χ3n) is 2.61. The zero-order valence-electron chi connectivity index (χ0n) is 10.0. The highest BCUT2D eigenvalue weighted by Crippen LogP contribution is 2.28. The van der Waals surface area contributed by atoms with Crippen molar-refractivity contribution in [3.63, 3.8) is 0 Å². The Morgan fingerprint density at radius 3 is 2.61 bits per heavy atom. The van der Waals surface area contributed by atoms with Gasteiger partial charge in [-0.25, -0.2) is 0 Å². The molecule has 1 aromatic heterocycles. The van der Waals surface area contributed by atoms with Crippen molar-refractivity contribution in [3.05, 3.63) is 58.9 Å². The number of ether oxygens (including phenoxy) is 1. The molecular weight excluding hydrogens is 250 g/mol. The van der Waals surface area contributed by atoms with E-state index in [4.69, 9.17) is 16.3 Å². The highest BCUT2D eigenvalue weighted by Gasteiger charge is 2.13. The molecule has 1 N–H and O–H groups in total. The molecule has 0 spiro atoms. The summed E-state index contributed by atoms with van der Waals surface area (Å²) < 4.78 is 5.35. The van der Waals surface area contributed by atoms with Crippen LogP contribution in [0, 0.1) is 0 Å². The van der Waals surface area contributed by atoms with Gasteiger partial charge in [-0.2, -0.15) is 0 Å². The van der Waals surface area contributed by atoms with Crippen LogP contribution in [0.4, 0.5) is 0 Å². The second kappa shape index (κ2) is 5.85. The van der Waals surface area contributed by atoms with Crippen molar-refractivity contribution < 1.29 is 9.84 Å². The van der Waals surface area contributed by atoms with E-state index in [1.165, 1.54) is 6.20 Å². The highest BCUT2D eigenvalue weighted by molar-refractivity contribution is 6.31. The lowest BCUT2D eigenvalue weighted by molar-refractivity contribution is 0.220. The quantitative estimate of drug-likeness (QED) is 0.921. The van der Waals surface area contributed by atoms with E-state index < -0.39 is 6.10 Å². The molecule has 0 radical (unpaired) electrons. The predicted octanol–water partition coefficient (Wildman–Crippen LogP) is 3.22. The van der Waals surface area contributed by atoms with Crippen LogP contribution in [0.25, 0.3) is 0 Å². The van der Waals surface area contributed by atoms with Gasteiger partial charge in [-0.05, 0) is 30.7 Å². The summed E-state index contributed by atoms with van der Waals surface area (Å²) in [6.45, 7) is 2.55. The van der Waals surface area contributed by atoms with Gasteiger partial charge < -0.3 is 9.84 Å². The normalized spacial score (nSPS) is 12.2. The summed E-state index contributed by atoms with van der Waals surface area (Å²) in [4.78, 5) is 3.90.